The Kier molecular flexibility index (Phi) is 3.72. The minimum absolute atomic E-state index is 0.302. The highest BCUT2D eigenvalue weighted by Gasteiger charge is 2.04. The number of benzene rings is 2. The lowest BCUT2D eigenvalue weighted by molar-refractivity contribution is 0.416. The summed E-state index contributed by atoms with van der Waals surface area (Å²) in [4.78, 5) is 0. The van der Waals surface area contributed by atoms with Gasteiger partial charge in [-0.3, -0.25) is 0 Å². The first-order valence-electron chi connectivity index (χ1n) is 5.86. The van der Waals surface area contributed by atoms with E-state index in [0.29, 0.717) is 12.3 Å². The van der Waals surface area contributed by atoms with Gasteiger partial charge in [-0.25, -0.2) is 0 Å². The second-order valence-corrected chi connectivity index (χ2v) is 4.19. The highest BCUT2D eigenvalue weighted by atomic mass is 16.5. The van der Waals surface area contributed by atoms with Crippen molar-refractivity contribution in [1.29, 1.82) is 0 Å². The van der Waals surface area contributed by atoms with E-state index in [2.05, 4.69) is 5.32 Å². The van der Waals surface area contributed by atoms with Gasteiger partial charge in [0, 0.05) is 12.1 Å². The van der Waals surface area contributed by atoms with Crippen LogP contribution in [-0.4, -0.2) is 12.2 Å². The number of para-hydroxylation sites is 1. The van der Waals surface area contributed by atoms with Crippen molar-refractivity contribution in [2.75, 3.05) is 12.4 Å². The molecule has 2 aromatic carbocycles. The van der Waals surface area contributed by atoms with Gasteiger partial charge in [0.25, 0.3) is 0 Å². The molecule has 3 nitrogen and oxygen atoms in total. The van der Waals surface area contributed by atoms with Crippen molar-refractivity contribution < 1.29 is 9.84 Å². The summed E-state index contributed by atoms with van der Waals surface area (Å²) in [6, 6.07) is 13.3. The molecule has 0 heterocycles. The van der Waals surface area contributed by atoms with Crippen LogP contribution in [0.5, 0.6) is 11.5 Å². The molecule has 0 saturated carbocycles. The van der Waals surface area contributed by atoms with E-state index >= 15 is 0 Å². The maximum absolute atomic E-state index is 9.69. The largest absolute Gasteiger partial charge is 0.508 e. The molecule has 0 unspecified atom stereocenters. The van der Waals surface area contributed by atoms with Gasteiger partial charge in [0.05, 0.1) is 12.8 Å². The smallest absolute Gasteiger partial charge is 0.142 e. The Bertz CT molecular complexity index is 538. The van der Waals surface area contributed by atoms with Crippen molar-refractivity contribution in [1.82, 2.24) is 0 Å². The average Bonchev–Trinajstić information content (AvgIpc) is 2.39. The fraction of sp³-hybridized carbons (Fsp3) is 0.200. The zero-order valence-electron chi connectivity index (χ0n) is 10.6. The molecule has 2 aromatic rings. The molecule has 0 saturated heterocycles. The van der Waals surface area contributed by atoms with Crippen LogP contribution in [0, 0.1) is 6.92 Å². The maximum atomic E-state index is 9.69. The molecule has 2 rings (SSSR count). The number of ether oxygens (including phenoxy) is 1. The van der Waals surface area contributed by atoms with Crippen molar-refractivity contribution in [2.24, 2.45) is 0 Å². The SMILES string of the molecule is COc1cc(C)ccc1NCc1ccccc1O. The van der Waals surface area contributed by atoms with Crippen molar-refractivity contribution in [2.45, 2.75) is 13.5 Å². The molecular weight excluding hydrogens is 226 g/mol. The summed E-state index contributed by atoms with van der Waals surface area (Å²) in [5, 5.41) is 13.0. The molecule has 0 amide bonds. The third-order valence-corrected chi connectivity index (χ3v) is 2.82. The number of aryl methyl sites for hydroxylation is 1. The summed E-state index contributed by atoms with van der Waals surface area (Å²) in [6.45, 7) is 2.58. The number of aromatic hydroxyl groups is 1. The minimum Gasteiger partial charge on any atom is -0.508 e. The number of phenols is 1. The van der Waals surface area contributed by atoms with Gasteiger partial charge in [-0.1, -0.05) is 24.3 Å². The third kappa shape index (κ3) is 2.74. The minimum atomic E-state index is 0.302. The number of rotatable bonds is 4. The molecular formula is C15H17NO2. The van der Waals surface area contributed by atoms with E-state index in [9.17, 15) is 5.11 Å². The second-order valence-electron chi connectivity index (χ2n) is 4.19. The first kappa shape index (κ1) is 12.3. The number of hydrogen-bond donors (Lipinski definition) is 2. The summed E-state index contributed by atoms with van der Waals surface area (Å²) in [7, 11) is 1.65. The predicted molar refractivity (Wildman–Crippen MR) is 73.2 cm³/mol. The molecule has 94 valence electrons. The van der Waals surface area contributed by atoms with Crippen LogP contribution in [-0.2, 0) is 6.54 Å². The van der Waals surface area contributed by atoms with Crippen LogP contribution in [0.2, 0.25) is 0 Å². The molecule has 18 heavy (non-hydrogen) atoms. The van der Waals surface area contributed by atoms with Crippen LogP contribution in [0.15, 0.2) is 42.5 Å². The Balaban J connectivity index is 2.13. The Hall–Kier alpha value is -2.16. The molecule has 0 spiro atoms. The van der Waals surface area contributed by atoms with Gasteiger partial charge >= 0.3 is 0 Å². The van der Waals surface area contributed by atoms with E-state index in [1.807, 2.05) is 43.3 Å². The topological polar surface area (TPSA) is 41.5 Å². The summed E-state index contributed by atoms with van der Waals surface area (Å²) in [5.41, 5.74) is 2.94. The lowest BCUT2D eigenvalue weighted by atomic mass is 10.1. The Morgan fingerprint density at radius 2 is 1.94 bits per heavy atom. The molecule has 0 aliphatic carbocycles. The summed E-state index contributed by atoms with van der Waals surface area (Å²) in [6.07, 6.45) is 0. The van der Waals surface area contributed by atoms with Crippen molar-refractivity contribution in [3.8, 4) is 11.5 Å². The van der Waals surface area contributed by atoms with Crippen LogP contribution < -0.4 is 10.1 Å². The quantitative estimate of drug-likeness (QED) is 0.865. The first-order chi connectivity index (χ1) is 8.70. The third-order valence-electron chi connectivity index (χ3n) is 2.82. The molecule has 3 heteroatoms. The van der Waals surface area contributed by atoms with Crippen molar-refractivity contribution >= 4 is 5.69 Å². The van der Waals surface area contributed by atoms with Crippen molar-refractivity contribution in [3.63, 3.8) is 0 Å². The zero-order valence-corrected chi connectivity index (χ0v) is 10.6. The Labute approximate surface area is 107 Å². The first-order valence-corrected chi connectivity index (χ1v) is 5.86. The fourth-order valence-electron chi connectivity index (χ4n) is 1.80. The highest BCUT2D eigenvalue weighted by molar-refractivity contribution is 5.58. The van der Waals surface area contributed by atoms with Gasteiger partial charge in [-0.2, -0.15) is 0 Å². The molecule has 2 N–H and O–H groups in total. The Morgan fingerprint density at radius 1 is 1.17 bits per heavy atom. The summed E-state index contributed by atoms with van der Waals surface area (Å²) < 4.78 is 5.32. The number of anilines is 1. The molecule has 0 aliphatic heterocycles. The predicted octanol–water partition coefficient (Wildman–Crippen LogP) is 3.32. The molecule has 0 aromatic heterocycles. The number of nitrogens with one attached hydrogen (secondary N) is 1. The highest BCUT2D eigenvalue weighted by Crippen LogP contribution is 2.26. The van der Waals surface area contributed by atoms with Crippen LogP contribution >= 0.6 is 0 Å². The standard InChI is InChI=1S/C15H17NO2/c1-11-7-8-13(15(9-11)18-2)16-10-12-5-3-4-6-14(12)17/h3-9,16-17H,10H2,1-2H3. The number of phenolic OH excluding ortho intramolecular Hbond substituents is 1. The van der Waals surface area contributed by atoms with E-state index in [1.165, 1.54) is 0 Å². The molecule has 0 aliphatic rings. The number of hydrogen-bond acceptors (Lipinski definition) is 3. The van der Waals surface area contributed by atoms with Gasteiger partial charge in [0.15, 0.2) is 0 Å². The summed E-state index contributed by atoms with van der Waals surface area (Å²) >= 11 is 0. The average molecular weight is 243 g/mol. The lowest BCUT2D eigenvalue weighted by Crippen LogP contribution is -2.01. The van der Waals surface area contributed by atoms with E-state index in [1.54, 1.807) is 13.2 Å². The molecule has 0 radical (unpaired) electrons. The molecule has 0 bridgehead atoms. The number of methoxy groups -OCH3 is 1. The Morgan fingerprint density at radius 3 is 2.67 bits per heavy atom. The second kappa shape index (κ2) is 5.45. The zero-order chi connectivity index (χ0) is 13.0. The molecule has 0 fully saturated rings. The van der Waals surface area contributed by atoms with Gasteiger partial charge in [-0.15, -0.1) is 0 Å². The summed E-state index contributed by atoms with van der Waals surface area (Å²) in [5.74, 6) is 1.11. The van der Waals surface area contributed by atoms with Crippen LogP contribution in [0.3, 0.4) is 0 Å². The van der Waals surface area contributed by atoms with Crippen LogP contribution in [0.4, 0.5) is 5.69 Å². The van der Waals surface area contributed by atoms with E-state index in [-0.39, 0.29) is 0 Å². The molecule has 0 atom stereocenters. The fourth-order valence-corrected chi connectivity index (χ4v) is 1.80. The lowest BCUT2D eigenvalue weighted by Gasteiger charge is -2.12. The van der Waals surface area contributed by atoms with Crippen LogP contribution in [0.25, 0.3) is 0 Å². The maximum Gasteiger partial charge on any atom is 0.142 e. The van der Waals surface area contributed by atoms with E-state index < -0.39 is 0 Å². The van der Waals surface area contributed by atoms with Gasteiger partial charge < -0.3 is 15.2 Å². The van der Waals surface area contributed by atoms with Gasteiger partial charge in [0.2, 0.25) is 0 Å². The van der Waals surface area contributed by atoms with E-state index in [4.69, 9.17) is 4.74 Å². The van der Waals surface area contributed by atoms with Crippen LogP contribution in [0.1, 0.15) is 11.1 Å². The van der Waals surface area contributed by atoms with Crippen molar-refractivity contribution in [3.05, 3.63) is 53.6 Å². The van der Waals surface area contributed by atoms with E-state index in [0.717, 1.165) is 22.6 Å². The van der Waals surface area contributed by atoms with Gasteiger partial charge in [0.1, 0.15) is 11.5 Å². The monoisotopic (exact) mass is 243 g/mol. The normalized spacial score (nSPS) is 10.1. The van der Waals surface area contributed by atoms with Gasteiger partial charge in [-0.05, 0) is 30.7 Å².